The quantitative estimate of drug-likeness (QED) is 0.636. The number of carbonyl (C=O) groups excluding carboxylic acids is 1. The van der Waals surface area contributed by atoms with E-state index in [0.717, 1.165) is 6.26 Å². The van der Waals surface area contributed by atoms with Gasteiger partial charge in [-0.05, 0) is 42.8 Å². The summed E-state index contributed by atoms with van der Waals surface area (Å²) in [6.07, 6.45) is 1.75. The number of hydrogen-bond donors (Lipinski definition) is 2. The minimum Gasteiger partial charge on any atom is -0.494 e. The first kappa shape index (κ1) is 20.5. The van der Waals surface area contributed by atoms with Crippen LogP contribution in [0.4, 0.5) is 15.8 Å². The Morgan fingerprint density at radius 2 is 1.85 bits per heavy atom. The average molecular weight is 396 g/mol. The smallest absolute Gasteiger partial charge is 0.229 e. The zero-order valence-electron chi connectivity index (χ0n) is 15.0. The van der Waals surface area contributed by atoms with Crippen molar-refractivity contribution in [1.82, 2.24) is 0 Å². The summed E-state index contributed by atoms with van der Waals surface area (Å²) in [5, 5.41) is 2.71. The zero-order valence-corrected chi connectivity index (χ0v) is 15.8. The number of anilines is 2. The number of sulfonamides is 1. The Morgan fingerprint density at radius 3 is 2.48 bits per heavy atom. The molecule has 0 heterocycles. The van der Waals surface area contributed by atoms with Crippen molar-refractivity contribution in [1.29, 1.82) is 0 Å². The molecule has 1 amide bonds. The number of ether oxygens (including phenoxy) is 2. The van der Waals surface area contributed by atoms with Crippen LogP contribution < -0.4 is 19.5 Å². The molecular formula is C18H21FN2O5S. The Balaban J connectivity index is 1.83. The Labute approximate surface area is 157 Å². The van der Waals surface area contributed by atoms with E-state index in [4.69, 9.17) is 9.47 Å². The number of methoxy groups -OCH3 is 1. The number of rotatable bonds is 9. The third-order valence-corrected chi connectivity index (χ3v) is 4.00. The van der Waals surface area contributed by atoms with Crippen LogP contribution in [0.5, 0.6) is 11.5 Å². The molecule has 0 aromatic heterocycles. The van der Waals surface area contributed by atoms with Gasteiger partial charge in [-0.2, -0.15) is 0 Å². The van der Waals surface area contributed by atoms with Crippen molar-refractivity contribution in [2.24, 2.45) is 0 Å². The van der Waals surface area contributed by atoms with Crippen molar-refractivity contribution in [3.63, 3.8) is 0 Å². The van der Waals surface area contributed by atoms with Gasteiger partial charge in [-0.25, -0.2) is 12.8 Å². The van der Waals surface area contributed by atoms with Gasteiger partial charge in [-0.3, -0.25) is 9.52 Å². The van der Waals surface area contributed by atoms with Gasteiger partial charge < -0.3 is 14.8 Å². The number of amides is 1. The molecule has 27 heavy (non-hydrogen) atoms. The van der Waals surface area contributed by atoms with Crippen LogP contribution in [0, 0.1) is 5.82 Å². The van der Waals surface area contributed by atoms with Crippen LogP contribution in [0.25, 0.3) is 0 Å². The highest BCUT2D eigenvalue weighted by molar-refractivity contribution is 7.92. The normalized spacial score (nSPS) is 10.9. The van der Waals surface area contributed by atoms with Crippen LogP contribution in [0.1, 0.15) is 12.8 Å². The van der Waals surface area contributed by atoms with Crippen LogP contribution in [0.15, 0.2) is 42.5 Å². The van der Waals surface area contributed by atoms with E-state index in [-0.39, 0.29) is 29.6 Å². The molecule has 0 saturated heterocycles. The summed E-state index contributed by atoms with van der Waals surface area (Å²) in [4.78, 5) is 12.0. The largest absolute Gasteiger partial charge is 0.494 e. The molecule has 0 bridgehead atoms. The fourth-order valence-corrected chi connectivity index (χ4v) is 2.80. The van der Waals surface area contributed by atoms with E-state index in [2.05, 4.69) is 10.0 Å². The molecule has 2 aromatic rings. The first-order chi connectivity index (χ1) is 12.8. The van der Waals surface area contributed by atoms with E-state index in [1.165, 1.54) is 43.5 Å². The molecule has 0 aliphatic rings. The molecule has 2 rings (SSSR count). The predicted molar refractivity (Wildman–Crippen MR) is 101 cm³/mol. The second kappa shape index (κ2) is 9.22. The Bertz CT molecular complexity index is 885. The highest BCUT2D eigenvalue weighted by Gasteiger charge is 2.10. The molecule has 2 N–H and O–H groups in total. The lowest BCUT2D eigenvalue weighted by Gasteiger charge is -2.12. The molecule has 0 fully saturated rings. The Morgan fingerprint density at radius 1 is 1.15 bits per heavy atom. The molecule has 0 unspecified atom stereocenters. The molecular weight excluding hydrogens is 375 g/mol. The van der Waals surface area contributed by atoms with Crippen molar-refractivity contribution in [2.75, 3.05) is 30.0 Å². The van der Waals surface area contributed by atoms with Gasteiger partial charge in [0.2, 0.25) is 15.9 Å². The van der Waals surface area contributed by atoms with E-state index < -0.39 is 10.0 Å². The second-order valence-corrected chi connectivity index (χ2v) is 7.49. The number of halogens is 1. The number of nitrogens with one attached hydrogen (secondary N) is 2. The van der Waals surface area contributed by atoms with Crippen LogP contribution >= 0.6 is 0 Å². The second-order valence-electron chi connectivity index (χ2n) is 5.74. The summed E-state index contributed by atoms with van der Waals surface area (Å²) in [6, 6.07) is 10.3. The van der Waals surface area contributed by atoms with Crippen molar-refractivity contribution in [2.45, 2.75) is 12.8 Å². The van der Waals surface area contributed by atoms with Crippen LogP contribution in [0.2, 0.25) is 0 Å². The summed E-state index contributed by atoms with van der Waals surface area (Å²) in [5.74, 6) is 0.270. The van der Waals surface area contributed by atoms with Gasteiger partial charge in [0.25, 0.3) is 0 Å². The maximum absolute atomic E-state index is 12.8. The van der Waals surface area contributed by atoms with Gasteiger partial charge >= 0.3 is 0 Å². The van der Waals surface area contributed by atoms with Crippen molar-refractivity contribution in [3.05, 3.63) is 48.3 Å². The molecule has 9 heteroatoms. The maximum atomic E-state index is 12.8. The zero-order chi connectivity index (χ0) is 19.9. The van der Waals surface area contributed by atoms with E-state index in [9.17, 15) is 17.6 Å². The van der Waals surface area contributed by atoms with Crippen LogP contribution in [0.3, 0.4) is 0 Å². The molecule has 0 aliphatic heterocycles. The molecule has 7 nitrogen and oxygen atoms in total. The van der Waals surface area contributed by atoms with Crippen molar-refractivity contribution in [3.8, 4) is 11.5 Å². The lowest BCUT2D eigenvalue weighted by molar-refractivity contribution is -0.116. The fraction of sp³-hybridized carbons (Fsp3) is 0.278. The molecule has 0 atom stereocenters. The average Bonchev–Trinajstić information content (AvgIpc) is 2.60. The number of benzene rings is 2. The van der Waals surface area contributed by atoms with Gasteiger partial charge in [0, 0.05) is 18.2 Å². The fourth-order valence-electron chi connectivity index (χ4n) is 2.23. The Hall–Kier alpha value is -2.81. The topological polar surface area (TPSA) is 93.7 Å². The summed E-state index contributed by atoms with van der Waals surface area (Å²) < 4.78 is 48.4. The third-order valence-electron chi connectivity index (χ3n) is 3.41. The van der Waals surface area contributed by atoms with Gasteiger partial charge in [-0.1, -0.05) is 0 Å². The van der Waals surface area contributed by atoms with Crippen molar-refractivity contribution < 1.29 is 27.1 Å². The number of carbonyl (C=O) groups is 1. The monoisotopic (exact) mass is 396 g/mol. The summed E-state index contributed by atoms with van der Waals surface area (Å²) >= 11 is 0. The van der Waals surface area contributed by atoms with E-state index in [1.54, 1.807) is 6.07 Å². The van der Waals surface area contributed by atoms with E-state index in [1.807, 2.05) is 0 Å². The maximum Gasteiger partial charge on any atom is 0.229 e. The lowest BCUT2D eigenvalue weighted by atomic mass is 10.2. The molecule has 0 aliphatic carbocycles. The molecule has 0 spiro atoms. The summed E-state index contributed by atoms with van der Waals surface area (Å²) in [5.41, 5.74) is 0.765. The Kier molecular flexibility index (Phi) is 7.00. The van der Waals surface area contributed by atoms with E-state index >= 15 is 0 Å². The first-order valence-electron chi connectivity index (χ1n) is 8.11. The lowest BCUT2D eigenvalue weighted by Crippen LogP contribution is -2.14. The van der Waals surface area contributed by atoms with Crippen LogP contribution in [-0.2, 0) is 14.8 Å². The first-order valence-corrected chi connectivity index (χ1v) is 10.00. The molecule has 2 aromatic carbocycles. The van der Waals surface area contributed by atoms with Gasteiger partial charge in [-0.15, -0.1) is 0 Å². The minimum absolute atomic E-state index is 0.219. The van der Waals surface area contributed by atoms with E-state index in [0.29, 0.717) is 24.5 Å². The summed E-state index contributed by atoms with van der Waals surface area (Å²) in [6.45, 7) is 0.319. The number of hydrogen-bond acceptors (Lipinski definition) is 5. The molecule has 0 saturated carbocycles. The summed E-state index contributed by atoms with van der Waals surface area (Å²) in [7, 11) is -2.03. The van der Waals surface area contributed by atoms with Gasteiger partial charge in [0.1, 0.15) is 17.3 Å². The highest BCUT2D eigenvalue weighted by atomic mass is 32.2. The van der Waals surface area contributed by atoms with Gasteiger partial charge in [0.05, 0.1) is 25.7 Å². The SMILES string of the molecule is COc1cc(NC(=O)CCCOc2ccc(F)cc2)ccc1NS(C)(=O)=O. The standard InChI is InChI=1S/C18H21FN2O5S/c1-25-17-12-14(7-10-16(17)21-27(2,23)24)20-18(22)4-3-11-26-15-8-5-13(19)6-9-15/h5-10,12,21H,3-4,11H2,1-2H3,(H,20,22). The third kappa shape index (κ3) is 7.14. The highest BCUT2D eigenvalue weighted by Crippen LogP contribution is 2.28. The molecule has 0 radical (unpaired) electrons. The minimum atomic E-state index is -3.44. The van der Waals surface area contributed by atoms with Gasteiger partial charge in [0.15, 0.2) is 0 Å². The van der Waals surface area contributed by atoms with Crippen LogP contribution in [-0.4, -0.2) is 34.3 Å². The predicted octanol–water partition coefficient (Wildman–Crippen LogP) is 3.00. The molecule has 146 valence electrons. The van der Waals surface area contributed by atoms with Crippen molar-refractivity contribution >= 4 is 27.3 Å².